The maximum Gasteiger partial charge on any atom is 0.417 e. The van der Waals surface area contributed by atoms with Crippen LogP contribution < -0.4 is 0 Å². The van der Waals surface area contributed by atoms with Crippen LogP contribution in [0, 0.1) is 11.8 Å². The molecule has 0 spiro atoms. The molecule has 0 bridgehead atoms. The smallest absolute Gasteiger partial charge is 0.417 e. The van der Waals surface area contributed by atoms with Gasteiger partial charge in [0, 0.05) is 16.5 Å². The summed E-state index contributed by atoms with van der Waals surface area (Å²) in [5.74, 6) is 3.23. The fourth-order valence-electron chi connectivity index (χ4n) is 1.15. The first-order chi connectivity index (χ1) is 8.34. The molecule has 0 unspecified atom stereocenters. The van der Waals surface area contributed by atoms with Gasteiger partial charge in [-0.3, -0.25) is 0 Å². The molecule has 1 aromatic rings. The third-order valence-corrected chi connectivity index (χ3v) is 2.10. The van der Waals surface area contributed by atoms with E-state index in [1.807, 2.05) is 5.92 Å². The SMILES string of the molecule is CCOC(=O)C#Cc1ccc(Cl)cc1C(F)(F)F. The van der Waals surface area contributed by atoms with E-state index in [9.17, 15) is 18.0 Å². The van der Waals surface area contributed by atoms with Crippen molar-refractivity contribution in [2.45, 2.75) is 13.1 Å². The first kappa shape index (κ1) is 14.4. The number of halogens is 4. The number of hydrogen-bond donors (Lipinski definition) is 0. The van der Waals surface area contributed by atoms with Crippen LogP contribution in [0.25, 0.3) is 0 Å². The Labute approximate surface area is 107 Å². The van der Waals surface area contributed by atoms with Crippen molar-refractivity contribution in [1.82, 2.24) is 0 Å². The lowest BCUT2D eigenvalue weighted by Crippen LogP contribution is -2.08. The zero-order chi connectivity index (χ0) is 13.8. The topological polar surface area (TPSA) is 26.3 Å². The molecule has 0 N–H and O–H groups in total. The first-order valence-electron chi connectivity index (χ1n) is 4.90. The highest BCUT2D eigenvalue weighted by Gasteiger charge is 2.33. The van der Waals surface area contributed by atoms with Crippen LogP contribution in [0.2, 0.25) is 5.02 Å². The maximum absolute atomic E-state index is 12.7. The van der Waals surface area contributed by atoms with E-state index in [0.29, 0.717) is 0 Å². The Hall–Kier alpha value is -1.67. The molecule has 0 fully saturated rings. The van der Waals surface area contributed by atoms with Crippen LogP contribution in [0.3, 0.4) is 0 Å². The van der Waals surface area contributed by atoms with Crippen LogP contribution in [0.1, 0.15) is 18.1 Å². The Kier molecular flexibility index (Phi) is 4.62. The van der Waals surface area contributed by atoms with E-state index in [4.69, 9.17) is 11.6 Å². The summed E-state index contributed by atoms with van der Waals surface area (Å²) in [5, 5.41) is -0.0518. The monoisotopic (exact) mass is 276 g/mol. The van der Waals surface area contributed by atoms with Crippen molar-refractivity contribution in [3.05, 3.63) is 34.3 Å². The average molecular weight is 277 g/mol. The van der Waals surface area contributed by atoms with Crippen molar-refractivity contribution in [1.29, 1.82) is 0 Å². The third kappa shape index (κ3) is 3.97. The summed E-state index contributed by atoms with van der Waals surface area (Å²) in [7, 11) is 0. The Bertz CT molecular complexity index is 512. The van der Waals surface area contributed by atoms with E-state index in [0.717, 1.165) is 12.1 Å². The van der Waals surface area contributed by atoms with E-state index in [1.165, 1.54) is 6.07 Å². The van der Waals surface area contributed by atoms with Gasteiger partial charge in [0.05, 0.1) is 12.2 Å². The lowest BCUT2D eigenvalue weighted by molar-refractivity contribution is -0.138. The Morgan fingerprint density at radius 3 is 2.67 bits per heavy atom. The molecule has 1 rings (SSSR count). The molecule has 1 aromatic carbocycles. The molecule has 0 amide bonds. The van der Waals surface area contributed by atoms with E-state index in [-0.39, 0.29) is 17.2 Å². The maximum atomic E-state index is 12.7. The number of benzene rings is 1. The van der Waals surface area contributed by atoms with Gasteiger partial charge in [-0.15, -0.1) is 0 Å². The molecular formula is C12H8ClF3O2. The second-order valence-corrected chi connectivity index (χ2v) is 3.59. The summed E-state index contributed by atoms with van der Waals surface area (Å²) >= 11 is 5.50. The molecule has 2 nitrogen and oxygen atoms in total. The van der Waals surface area contributed by atoms with Gasteiger partial charge in [-0.05, 0) is 25.1 Å². The molecule has 0 atom stereocenters. The van der Waals surface area contributed by atoms with Gasteiger partial charge in [-0.25, -0.2) is 4.79 Å². The van der Waals surface area contributed by atoms with Crippen molar-refractivity contribution >= 4 is 17.6 Å². The normalized spacial score (nSPS) is 10.5. The van der Waals surface area contributed by atoms with Gasteiger partial charge in [-0.1, -0.05) is 17.5 Å². The Balaban J connectivity index is 3.13. The summed E-state index contributed by atoms with van der Waals surface area (Å²) in [6.45, 7) is 1.68. The molecule has 0 saturated carbocycles. The fraction of sp³-hybridized carbons (Fsp3) is 0.250. The first-order valence-corrected chi connectivity index (χ1v) is 5.28. The molecule has 6 heteroatoms. The van der Waals surface area contributed by atoms with Gasteiger partial charge < -0.3 is 4.74 Å². The standard InChI is InChI=1S/C12H8ClF3O2/c1-2-18-11(17)6-4-8-3-5-9(13)7-10(8)12(14,15)16/h3,5,7H,2H2,1H3. The van der Waals surface area contributed by atoms with Crippen LogP contribution in [0.5, 0.6) is 0 Å². The van der Waals surface area contributed by atoms with E-state index >= 15 is 0 Å². The quantitative estimate of drug-likeness (QED) is 0.581. The summed E-state index contributed by atoms with van der Waals surface area (Å²) in [4.78, 5) is 10.9. The molecule has 0 aliphatic heterocycles. The Morgan fingerprint density at radius 1 is 1.44 bits per heavy atom. The van der Waals surface area contributed by atoms with Gasteiger partial charge in [-0.2, -0.15) is 13.2 Å². The lowest BCUT2D eigenvalue weighted by atomic mass is 10.1. The minimum absolute atomic E-state index is 0.0518. The largest absolute Gasteiger partial charge is 0.456 e. The highest BCUT2D eigenvalue weighted by molar-refractivity contribution is 6.30. The molecule has 0 saturated heterocycles. The second-order valence-electron chi connectivity index (χ2n) is 3.16. The van der Waals surface area contributed by atoms with Gasteiger partial charge in [0.25, 0.3) is 0 Å². The van der Waals surface area contributed by atoms with Gasteiger partial charge in [0.1, 0.15) is 0 Å². The highest BCUT2D eigenvalue weighted by Crippen LogP contribution is 2.33. The van der Waals surface area contributed by atoms with Crippen molar-refractivity contribution in [2.24, 2.45) is 0 Å². The van der Waals surface area contributed by atoms with Gasteiger partial charge in [0.15, 0.2) is 0 Å². The summed E-state index contributed by atoms with van der Waals surface area (Å²) in [6, 6.07) is 3.14. The Morgan fingerprint density at radius 2 is 2.11 bits per heavy atom. The summed E-state index contributed by atoms with van der Waals surface area (Å²) in [5.41, 5.74) is -1.30. The van der Waals surface area contributed by atoms with Crippen LogP contribution in [-0.4, -0.2) is 12.6 Å². The van der Waals surface area contributed by atoms with Crippen LogP contribution >= 0.6 is 11.6 Å². The number of carbonyl (C=O) groups excluding carboxylic acids is 1. The number of alkyl halides is 3. The molecule has 0 aliphatic rings. The molecule has 0 radical (unpaired) electrons. The van der Waals surface area contributed by atoms with Gasteiger partial charge >= 0.3 is 12.1 Å². The molecule has 0 heterocycles. The number of carbonyl (C=O) groups is 1. The van der Waals surface area contributed by atoms with Crippen molar-refractivity contribution in [3.8, 4) is 11.8 Å². The fourth-order valence-corrected chi connectivity index (χ4v) is 1.32. The van der Waals surface area contributed by atoms with Gasteiger partial charge in [0.2, 0.25) is 0 Å². The highest BCUT2D eigenvalue weighted by atomic mass is 35.5. The van der Waals surface area contributed by atoms with Crippen molar-refractivity contribution in [3.63, 3.8) is 0 Å². The number of ether oxygens (including phenoxy) is 1. The van der Waals surface area contributed by atoms with Crippen molar-refractivity contribution in [2.75, 3.05) is 6.61 Å². The minimum atomic E-state index is -4.58. The molecule has 96 valence electrons. The van der Waals surface area contributed by atoms with Crippen LogP contribution in [-0.2, 0) is 15.7 Å². The third-order valence-electron chi connectivity index (χ3n) is 1.86. The van der Waals surface area contributed by atoms with Crippen molar-refractivity contribution < 1.29 is 22.7 Å². The van der Waals surface area contributed by atoms with Crippen LogP contribution in [0.4, 0.5) is 13.2 Å². The zero-order valence-corrected chi connectivity index (χ0v) is 10.0. The summed E-state index contributed by atoms with van der Waals surface area (Å²) in [6.07, 6.45) is -4.58. The average Bonchev–Trinajstić information content (AvgIpc) is 2.26. The minimum Gasteiger partial charge on any atom is -0.456 e. The predicted molar refractivity (Wildman–Crippen MR) is 60.0 cm³/mol. The van der Waals surface area contributed by atoms with E-state index < -0.39 is 17.7 Å². The predicted octanol–water partition coefficient (Wildman–Crippen LogP) is 3.27. The molecule has 18 heavy (non-hydrogen) atoms. The number of esters is 1. The van der Waals surface area contributed by atoms with Crippen LogP contribution in [0.15, 0.2) is 18.2 Å². The lowest BCUT2D eigenvalue weighted by Gasteiger charge is -2.09. The second kappa shape index (κ2) is 5.78. The number of rotatable bonds is 1. The number of hydrogen-bond acceptors (Lipinski definition) is 2. The van der Waals surface area contributed by atoms with E-state index in [2.05, 4.69) is 10.7 Å². The van der Waals surface area contributed by atoms with E-state index in [1.54, 1.807) is 6.92 Å². The zero-order valence-electron chi connectivity index (χ0n) is 9.27. The summed E-state index contributed by atoms with van der Waals surface area (Å²) < 4.78 is 42.5. The molecule has 0 aliphatic carbocycles. The molecular weight excluding hydrogens is 269 g/mol. The molecule has 0 aromatic heterocycles.